The van der Waals surface area contributed by atoms with E-state index in [1.807, 2.05) is 0 Å². The summed E-state index contributed by atoms with van der Waals surface area (Å²) in [5.74, 6) is 0.614. The lowest BCUT2D eigenvalue weighted by molar-refractivity contribution is 0.0147. The average Bonchev–Trinajstić information content (AvgIpc) is 2.29. The van der Waals surface area contributed by atoms with E-state index >= 15 is 0 Å². The fourth-order valence-electron chi connectivity index (χ4n) is 1.35. The van der Waals surface area contributed by atoms with E-state index in [1.54, 1.807) is 6.07 Å². The zero-order valence-electron chi connectivity index (χ0n) is 9.13. The Hall–Kier alpha value is -1.37. The third-order valence-corrected chi connectivity index (χ3v) is 2.29. The molecule has 6 heteroatoms. The van der Waals surface area contributed by atoms with Crippen LogP contribution in [0.5, 0.6) is 5.75 Å². The predicted octanol–water partition coefficient (Wildman–Crippen LogP) is -0.585. The van der Waals surface area contributed by atoms with Crippen LogP contribution in [0.25, 0.3) is 0 Å². The molecule has 16 heavy (non-hydrogen) atoms. The maximum absolute atomic E-state index is 9.79. The summed E-state index contributed by atoms with van der Waals surface area (Å²) in [6.07, 6.45) is -0.235. The topological polar surface area (TPSA) is 115 Å². The lowest BCUT2D eigenvalue weighted by Crippen LogP contribution is -2.22. The van der Waals surface area contributed by atoms with Gasteiger partial charge in [-0.25, -0.2) is 4.98 Å². The Morgan fingerprint density at radius 2 is 2.19 bits per heavy atom. The first-order valence-electron chi connectivity index (χ1n) is 4.95. The van der Waals surface area contributed by atoms with E-state index in [9.17, 15) is 10.2 Å². The Kier molecular flexibility index (Phi) is 4.48. The van der Waals surface area contributed by atoms with Crippen molar-refractivity contribution in [2.75, 3.05) is 19.4 Å². The molecule has 1 aromatic heterocycles. The first-order valence-corrected chi connectivity index (χ1v) is 4.95. The Bertz CT molecular complexity index is 346. The molecule has 0 saturated heterocycles. The molecule has 6 N–H and O–H groups in total. The lowest BCUT2D eigenvalue weighted by Gasteiger charge is -2.17. The van der Waals surface area contributed by atoms with Crippen LogP contribution in [0, 0.1) is 0 Å². The van der Waals surface area contributed by atoms with Gasteiger partial charge in [-0.2, -0.15) is 0 Å². The van der Waals surface area contributed by atoms with Crippen LogP contribution in [0.2, 0.25) is 0 Å². The standard InChI is InChI=1S/C10H17N3O3/c1-16-8-4-6(5-13-10(8)12)9(15)7(14)2-3-11/h4-5,7,9,14-15H,2-3,11H2,1H3,(H2,12,13). The van der Waals surface area contributed by atoms with Crippen LogP contribution < -0.4 is 16.2 Å². The van der Waals surface area contributed by atoms with E-state index in [2.05, 4.69) is 4.98 Å². The number of methoxy groups -OCH3 is 1. The average molecular weight is 227 g/mol. The number of anilines is 1. The molecule has 0 aliphatic carbocycles. The number of rotatable bonds is 5. The molecule has 0 fully saturated rings. The van der Waals surface area contributed by atoms with Gasteiger partial charge in [0.05, 0.1) is 13.2 Å². The SMILES string of the molecule is COc1cc(C(O)C(O)CCN)cnc1N. The smallest absolute Gasteiger partial charge is 0.166 e. The molecule has 2 atom stereocenters. The summed E-state index contributed by atoms with van der Waals surface area (Å²) < 4.78 is 4.97. The van der Waals surface area contributed by atoms with Crippen LogP contribution >= 0.6 is 0 Å². The summed E-state index contributed by atoms with van der Waals surface area (Å²) in [6.45, 7) is 0.303. The zero-order valence-corrected chi connectivity index (χ0v) is 9.13. The van der Waals surface area contributed by atoms with Gasteiger partial charge in [0.1, 0.15) is 6.10 Å². The van der Waals surface area contributed by atoms with E-state index in [-0.39, 0.29) is 5.82 Å². The van der Waals surface area contributed by atoms with Crippen molar-refractivity contribution in [3.05, 3.63) is 17.8 Å². The molecule has 0 aliphatic heterocycles. The maximum Gasteiger partial charge on any atom is 0.166 e. The largest absolute Gasteiger partial charge is 0.493 e. The van der Waals surface area contributed by atoms with Crippen LogP contribution in [0.15, 0.2) is 12.3 Å². The Balaban J connectivity index is 2.87. The van der Waals surface area contributed by atoms with Gasteiger partial charge in [0.25, 0.3) is 0 Å². The van der Waals surface area contributed by atoms with Crippen LogP contribution in [-0.4, -0.2) is 35.0 Å². The molecule has 0 aromatic carbocycles. The quantitative estimate of drug-likeness (QED) is 0.535. The molecule has 1 heterocycles. The van der Waals surface area contributed by atoms with Crippen molar-refractivity contribution < 1.29 is 14.9 Å². The molecular weight excluding hydrogens is 210 g/mol. The Labute approximate surface area is 93.9 Å². The number of nitrogens with two attached hydrogens (primary N) is 2. The summed E-state index contributed by atoms with van der Waals surface area (Å²) in [4.78, 5) is 3.86. The molecule has 0 spiro atoms. The van der Waals surface area contributed by atoms with Crippen LogP contribution in [-0.2, 0) is 0 Å². The summed E-state index contributed by atoms with van der Waals surface area (Å²) in [6, 6.07) is 1.55. The van der Waals surface area contributed by atoms with Gasteiger partial charge in [-0.15, -0.1) is 0 Å². The highest BCUT2D eigenvalue weighted by atomic mass is 16.5. The van der Waals surface area contributed by atoms with Gasteiger partial charge >= 0.3 is 0 Å². The number of aliphatic hydroxyl groups is 2. The van der Waals surface area contributed by atoms with Gasteiger partial charge in [-0.1, -0.05) is 0 Å². The summed E-state index contributed by atoms with van der Waals surface area (Å²) in [5, 5.41) is 19.4. The van der Waals surface area contributed by atoms with Crippen molar-refractivity contribution in [2.45, 2.75) is 18.6 Å². The molecule has 6 nitrogen and oxygen atoms in total. The second-order valence-electron chi connectivity index (χ2n) is 3.45. The second-order valence-corrected chi connectivity index (χ2v) is 3.45. The van der Waals surface area contributed by atoms with Crippen molar-refractivity contribution in [1.82, 2.24) is 4.98 Å². The monoisotopic (exact) mass is 227 g/mol. The summed E-state index contributed by atoms with van der Waals surface area (Å²) in [5.41, 5.74) is 11.3. The van der Waals surface area contributed by atoms with Crippen molar-refractivity contribution in [3.8, 4) is 5.75 Å². The number of aliphatic hydroxyl groups excluding tert-OH is 2. The summed E-state index contributed by atoms with van der Waals surface area (Å²) in [7, 11) is 1.46. The zero-order chi connectivity index (χ0) is 12.1. The highest BCUT2D eigenvalue weighted by Gasteiger charge is 2.19. The molecule has 0 bridgehead atoms. The Morgan fingerprint density at radius 3 is 2.75 bits per heavy atom. The number of nitrogen functional groups attached to an aromatic ring is 1. The number of ether oxygens (including phenoxy) is 1. The van der Waals surface area contributed by atoms with E-state index in [0.29, 0.717) is 24.3 Å². The molecule has 0 saturated carbocycles. The normalized spacial score (nSPS) is 14.5. The summed E-state index contributed by atoms with van der Waals surface area (Å²) >= 11 is 0. The fraction of sp³-hybridized carbons (Fsp3) is 0.500. The predicted molar refractivity (Wildman–Crippen MR) is 59.8 cm³/mol. The van der Waals surface area contributed by atoms with E-state index < -0.39 is 12.2 Å². The molecular formula is C10H17N3O3. The van der Waals surface area contributed by atoms with Gasteiger partial charge in [-0.3, -0.25) is 0 Å². The third kappa shape index (κ3) is 2.82. The van der Waals surface area contributed by atoms with E-state index in [0.717, 1.165) is 0 Å². The van der Waals surface area contributed by atoms with Crippen LogP contribution in [0.1, 0.15) is 18.1 Å². The van der Waals surface area contributed by atoms with Crippen molar-refractivity contribution in [3.63, 3.8) is 0 Å². The third-order valence-electron chi connectivity index (χ3n) is 2.29. The molecule has 0 radical (unpaired) electrons. The molecule has 2 unspecified atom stereocenters. The fourth-order valence-corrected chi connectivity index (χ4v) is 1.35. The Morgan fingerprint density at radius 1 is 1.50 bits per heavy atom. The first kappa shape index (κ1) is 12.7. The van der Waals surface area contributed by atoms with Gasteiger partial charge in [0.2, 0.25) is 0 Å². The highest BCUT2D eigenvalue weighted by Crippen LogP contribution is 2.25. The van der Waals surface area contributed by atoms with Gasteiger partial charge in [0, 0.05) is 11.8 Å². The minimum absolute atomic E-state index is 0.242. The van der Waals surface area contributed by atoms with Gasteiger partial charge < -0.3 is 26.4 Å². The minimum atomic E-state index is -1.04. The lowest BCUT2D eigenvalue weighted by atomic mass is 10.0. The first-order chi connectivity index (χ1) is 7.60. The molecule has 1 aromatic rings. The minimum Gasteiger partial charge on any atom is -0.493 e. The number of aromatic nitrogens is 1. The van der Waals surface area contributed by atoms with E-state index in [1.165, 1.54) is 13.3 Å². The van der Waals surface area contributed by atoms with Crippen molar-refractivity contribution in [1.29, 1.82) is 0 Å². The van der Waals surface area contributed by atoms with Crippen LogP contribution in [0.3, 0.4) is 0 Å². The molecule has 0 aliphatic rings. The molecule has 90 valence electrons. The number of nitrogens with zero attached hydrogens (tertiary/aromatic N) is 1. The van der Waals surface area contributed by atoms with Gasteiger partial charge in [0.15, 0.2) is 11.6 Å². The molecule has 0 amide bonds. The second kappa shape index (κ2) is 5.64. The van der Waals surface area contributed by atoms with Crippen LogP contribution in [0.4, 0.5) is 5.82 Å². The van der Waals surface area contributed by atoms with Gasteiger partial charge in [-0.05, 0) is 19.0 Å². The highest BCUT2D eigenvalue weighted by molar-refractivity contribution is 5.47. The maximum atomic E-state index is 9.79. The number of pyridine rings is 1. The van der Waals surface area contributed by atoms with Crippen molar-refractivity contribution in [2.24, 2.45) is 5.73 Å². The number of hydrogen-bond acceptors (Lipinski definition) is 6. The van der Waals surface area contributed by atoms with Crippen molar-refractivity contribution >= 4 is 5.82 Å². The van der Waals surface area contributed by atoms with E-state index in [4.69, 9.17) is 16.2 Å². The number of hydrogen-bond donors (Lipinski definition) is 4. The molecule has 1 rings (SSSR count).